The highest BCUT2D eigenvalue weighted by atomic mass is 16.7. The van der Waals surface area contributed by atoms with Gasteiger partial charge in [-0.15, -0.1) is 0 Å². The van der Waals surface area contributed by atoms with Crippen LogP contribution in [0, 0.1) is 19.3 Å². The third-order valence-corrected chi connectivity index (χ3v) is 7.41. The van der Waals surface area contributed by atoms with Crippen LogP contribution in [0.2, 0.25) is 0 Å². The van der Waals surface area contributed by atoms with Crippen molar-refractivity contribution in [3.8, 4) is 11.5 Å². The molecule has 0 saturated carbocycles. The van der Waals surface area contributed by atoms with E-state index in [2.05, 4.69) is 13.8 Å². The first-order chi connectivity index (χ1) is 21.2. The molecule has 0 bridgehead atoms. The van der Waals surface area contributed by atoms with Gasteiger partial charge < -0.3 is 48.8 Å². The smallest absolute Gasteiger partial charge is 0.508 e. The summed E-state index contributed by atoms with van der Waals surface area (Å²) >= 11 is 0. The second kappa shape index (κ2) is 18.4. The first kappa shape index (κ1) is 38.4. The van der Waals surface area contributed by atoms with Crippen molar-refractivity contribution in [2.45, 2.75) is 72.2 Å². The first-order valence-corrected chi connectivity index (χ1v) is 15.3. The van der Waals surface area contributed by atoms with E-state index in [1.54, 1.807) is 32.9 Å². The lowest BCUT2D eigenvalue weighted by Crippen LogP contribution is -2.44. The third-order valence-electron chi connectivity index (χ3n) is 7.41. The van der Waals surface area contributed by atoms with Gasteiger partial charge in [0, 0.05) is 5.41 Å². The number of phenolic OH excluding ortho intramolecular Hbond substituents is 1. The largest absolute Gasteiger partial charge is 0.514 e. The molecule has 0 aliphatic heterocycles. The van der Waals surface area contributed by atoms with Gasteiger partial charge in [-0.25, -0.2) is 4.79 Å². The lowest BCUT2D eigenvalue weighted by molar-refractivity contribution is -0.133. The molecule has 4 N–H and O–H groups in total. The second-order valence-electron chi connectivity index (χ2n) is 12.3. The maximum Gasteiger partial charge on any atom is 0.514 e. The Labute approximate surface area is 267 Å². The number of aliphatic hydroxyl groups excluding tert-OH is 3. The van der Waals surface area contributed by atoms with Crippen molar-refractivity contribution in [1.82, 2.24) is 0 Å². The topological polar surface area (TPSA) is 153 Å². The van der Waals surface area contributed by atoms with Crippen molar-refractivity contribution in [3.05, 3.63) is 58.7 Å². The van der Waals surface area contributed by atoms with Crippen molar-refractivity contribution >= 4 is 6.16 Å². The summed E-state index contributed by atoms with van der Waals surface area (Å²) in [5.74, 6) is 0.627. The van der Waals surface area contributed by atoms with Gasteiger partial charge in [0.1, 0.15) is 17.6 Å². The predicted octanol–water partition coefficient (Wildman–Crippen LogP) is 4.05. The molecule has 0 aromatic heterocycles. The summed E-state index contributed by atoms with van der Waals surface area (Å²) in [5.41, 5.74) is 2.46. The number of aryl methyl sites for hydroxylation is 2. The number of hydrogen-bond donors (Lipinski definition) is 4. The molecule has 0 aliphatic carbocycles. The van der Waals surface area contributed by atoms with Gasteiger partial charge in [0.05, 0.1) is 77.1 Å². The molecule has 0 fully saturated rings. The molecule has 4 unspecified atom stereocenters. The van der Waals surface area contributed by atoms with Gasteiger partial charge >= 0.3 is 6.16 Å². The number of carbonyl (C=O) groups is 1. The van der Waals surface area contributed by atoms with Crippen LogP contribution in [0.4, 0.5) is 4.79 Å². The maximum absolute atomic E-state index is 12.6. The van der Waals surface area contributed by atoms with Crippen LogP contribution in [0.5, 0.6) is 11.5 Å². The van der Waals surface area contributed by atoms with Crippen molar-refractivity contribution in [3.63, 3.8) is 0 Å². The Morgan fingerprint density at radius 2 is 1.42 bits per heavy atom. The van der Waals surface area contributed by atoms with Crippen molar-refractivity contribution in [2.24, 2.45) is 5.41 Å². The van der Waals surface area contributed by atoms with Crippen LogP contribution in [-0.4, -0.2) is 104 Å². The molecular weight excluding hydrogens is 584 g/mol. The summed E-state index contributed by atoms with van der Waals surface area (Å²) in [7, 11) is 0. The minimum atomic E-state index is -0.867. The van der Waals surface area contributed by atoms with Crippen LogP contribution >= 0.6 is 0 Å². The molecule has 254 valence electrons. The zero-order valence-electron chi connectivity index (χ0n) is 27.7. The predicted molar refractivity (Wildman–Crippen MR) is 169 cm³/mol. The van der Waals surface area contributed by atoms with E-state index in [4.69, 9.17) is 28.4 Å². The summed E-state index contributed by atoms with van der Waals surface area (Å²) in [4.78, 5) is 12.6. The van der Waals surface area contributed by atoms with Crippen LogP contribution in [0.25, 0.3) is 0 Å². The van der Waals surface area contributed by atoms with E-state index in [0.29, 0.717) is 5.75 Å². The minimum Gasteiger partial charge on any atom is -0.508 e. The number of rotatable bonds is 20. The van der Waals surface area contributed by atoms with Crippen LogP contribution in [0.15, 0.2) is 36.4 Å². The van der Waals surface area contributed by atoms with Crippen LogP contribution < -0.4 is 4.74 Å². The molecule has 4 atom stereocenters. The van der Waals surface area contributed by atoms with E-state index in [-0.39, 0.29) is 70.6 Å². The minimum absolute atomic E-state index is 0.0426. The number of carbonyl (C=O) groups excluding carboxylic acids is 1. The van der Waals surface area contributed by atoms with Crippen molar-refractivity contribution in [1.29, 1.82) is 0 Å². The third kappa shape index (κ3) is 12.5. The fraction of sp³-hybridized carbons (Fsp3) is 0.618. The Bertz CT molecular complexity index is 1180. The van der Waals surface area contributed by atoms with Crippen molar-refractivity contribution < 1.29 is 53.6 Å². The number of benzene rings is 2. The molecule has 2 aromatic carbocycles. The molecule has 11 nitrogen and oxygen atoms in total. The van der Waals surface area contributed by atoms with Gasteiger partial charge in [-0.2, -0.15) is 0 Å². The first-order valence-electron chi connectivity index (χ1n) is 15.3. The Morgan fingerprint density at radius 3 is 2.00 bits per heavy atom. The van der Waals surface area contributed by atoms with Crippen molar-refractivity contribution in [2.75, 3.05) is 59.5 Å². The fourth-order valence-electron chi connectivity index (χ4n) is 4.54. The lowest BCUT2D eigenvalue weighted by Gasteiger charge is -2.34. The number of hydrogen-bond acceptors (Lipinski definition) is 11. The highest BCUT2D eigenvalue weighted by Gasteiger charge is 2.34. The normalized spacial score (nSPS) is 15.2. The average molecular weight is 637 g/mol. The summed E-state index contributed by atoms with van der Waals surface area (Å²) in [6, 6.07) is 11.2. The van der Waals surface area contributed by atoms with Gasteiger partial charge in [0.15, 0.2) is 0 Å². The van der Waals surface area contributed by atoms with E-state index in [0.717, 1.165) is 22.3 Å². The number of aromatic hydroxyl groups is 1. The Balaban J connectivity index is 2.01. The highest BCUT2D eigenvalue weighted by Crippen LogP contribution is 2.35. The van der Waals surface area contributed by atoms with E-state index < -0.39 is 29.9 Å². The Hall–Kier alpha value is -2.77. The maximum atomic E-state index is 12.6. The molecule has 2 aromatic rings. The van der Waals surface area contributed by atoms with Crippen LogP contribution in [0.1, 0.15) is 56.9 Å². The van der Waals surface area contributed by atoms with Crippen LogP contribution in [-0.2, 0) is 29.1 Å². The van der Waals surface area contributed by atoms with Crippen LogP contribution in [0.3, 0.4) is 0 Å². The molecule has 0 saturated heterocycles. The van der Waals surface area contributed by atoms with Gasteiger partial charge in [-0.3, -0.25) is 0 Å². The quantitative estimate of drug-likeness (QED) is 0.0946. The summed E-state index contributed by atoms with van der Waals surface area (Å²) in [5, 5.41) is 38.2. The summed E-state index contributed by atoms with van der Waals surface area (Å²) in [6.45, 7) is 13.3. The number of aliphatic hydroxyl groups is 3. The Morgan fingerprint density at radius 1 is 0.822 bits per heavy atom. The fourth-order valence-corrected chi connectivity index (χ4v) is 4.54. The zero-order valence-corrected chi connectivity index (χ0v) is 27.7. The Kier molecular flexibility index (Phi) is 15.7. The molecule has 0 spiro atoms. The summed E-state index contributed by atoms with van der Waals surface area (Å²) in [6.07, 6.45) is -2.63. The van der Waals surface area contributed by atoms with Gasteiger partial charge in [-0.1, -0.05) is 38.1 Å². The molecule has 0 heterocycles. The molecular formula is C34H52O11. The van der Waals surface area contributed by atoms with Gasteiger partial charge in [0.25, 0.3) is 0 Å². The average Bonchev–Trinajstić information content (AvgIpc) is 2.98. The summed E-state index contributed by atoms with van der Waals surface area (Å²) < 4.78 is 33.9. The van der Waals surface area contributed by atoms with E-state index in [1.165, 1.54) is 0 Å². The van der Waals surface area contributed by atoms with E-state index in [9.17, 15) is 25.2 Å². The second-order valence-corrected chi connectivity index (χ2v) is 12.3. The van der Waals surface area contributed by atoms with E-state index >= 15 is 0 Å². The molecule has 11 heteroatoms. The standard InChI is InChI=1S/C34H52O11/c1-23-14-28(8-10-30(23)38)33(6,7)29-9-11-31(24(2)15-29)45-32(39)44-27(5)18-42-21-34(19-40-13-12-35,20-41-17-25(3)37)22-43-26(4)16-36/h8-11,14-15,25-27,35-38H,12-13,16-22H2,1-7H3. The lowest BCUT2D eigenvalue weighted by atomic mass is 9.77. The molecule has 0 radical (unpaired) electrons. The number of phenols is 1. The van der Waals surface area contributed by atoms with Gasteiger partial charge in [0.2, 0.25) is 0 Å². The monoisotopic (exact) mass is 636 g/mol. The number of ether oxygens (including phenoxy) is 6. The highest BCUT2D eigenvalue weighted by molar-refractivity contribution is 5.65. The van der Waals surface area contributed by atoms with Gasteiger partial charge in [-0.05, 0) is 69.0 Å². The van der Waals surface area contributed by atoms with E-state index in [1.807, 2.05) is 38.1 Å². The SMILES string of the molecule is Cc1cc(C(C)(C)c2ccc(OC(=O)OC(C)COCC(COCCO)(COCC(C)O)COC(C)CO)c(C)c2)ccc1O. The molecule has 0 aliphatic rings. The zero-order chi connectivity index (χ0) is 33.6. The molecule has 2 rings (SSSR count). The molecule has 45 heavy (non-hydrogen) atoms. The molecule has 0 amide bonds.